The van der Waals surface area contributed by atoms with Crippen molar-refractivity contribution in [3.8, 4) is 0 Å². The van der Waals surface area contributed by atoms with Crippen LogP contribution in [0.5, 0.6) is 0 Å². The van der Waals surface area contributed by atoms with Crippen molar-refractivity contribution in [1.82, 2.24) is 0 Å². The van der Waals surface area contributed by atoms with Gasteiger partial charge < -0.3 is 0 Å². The normalized spacial score (nSPS) is 12.7. The van der Waals surface area contributed by atoms with Gasteiger partial charge in [0.25, 0.3) is 0 Å². The minimum atomic E-state index is -1.44. The smallest absolute Gasteiger partial charge is 0.0814 e. The Morgan fingerprint density at radius 2 is 1.00 bits per heavy atom. The molecule has 0 radical (unpaired) electrons. The van der Waals surface area contributed by atoms with E-state index in [2.05, 4.69) is 78.2 Å². The molecule has 1 rings (SSSR count). The van der Waals surface area contributed by atoms with Crippen molar-refractivity contribution < 1.29 is 0 Å². The van der Waals surface area contributed by atoms with Crippen molar-refractivity contribution in [2.75, 3.05) is 0 Å². The molecule has 0 spiro atoms. The van der Waals surface area contributed by atoms with E-state index in [1.807, 2.05) is 0 Å². The van der Waals surface area contributed by atoms with Gasteiger partial charge in [0, 0.05) is 0 Å². The van der Waals surface area contributed by atoms with Crippen molar-refractivity contribution >= 4 is 32.6 Å². The van der Waals surface area contributed by atoms with Crippen LogP contribution in [0.1, 0.15) is 122 Å². The second kappa shape index (κ2) is 17.0. The molecule has 1 aromatic rings. The molecule has 0 unspecified atom stereocenters. The Morgan fingerprint density at radius 1 is 0.588 bits per heavy atom. The van der Waals surface area contributed by atoms with E-state index in [1.54, 1.807) is 21.5 Å². The predicted molar refractivity (Wildman–Crippen MR) is 166 cm³/mol. The van der Waals surface area contributed by atoms with E-state index in [-0.39, 0.29) is 0 Å². The molecule has 196 valence electrons. The summed E-state index contributed by atoms with van der Waals surface area (Å²) >= 11 is 0. The third-order valence-corrected chi connectivity index (χ3v) is 15.1. The van der Waals surface area contributed by atoms with Crippen molar-refractivity contribution in [3.05, 3.63) is 29.3 Å². The molecule has 0 N–H and O–H groups in total. The van der Waals surface area contributed by atoms with Crippen molar-refractivity contribution in [2.45, 2.75) is 156 Å². The maximum Gasteiger partial charge on any atom is 0.0814 e. The Labute approximate surface area is 217 Å². The van der Waals surface area contributed by atoms with Crippen LogP contribution in [0.2, 0.25) is 38.3 Å². The second-order valence-electron chi connectivity index (χ2n) is 12.3. The van der Waals surface area contributed by atoms with Crippen LogP contribution in [0.4, 0.5) is 0 Å². The highest BCUT2D eigenvalue weighted by atomic mass is 28.3. The number of benzene rings is 1. The van der Waals surface area contributed by atoms with Crippen LogP contribution in [0.15, 0.2) is 18.2 Å². The third-order valence-electron chi connectivity index (χ3n) is 8.01. The van der Waals surface area contributed by atoms with Gasteiger partial charge in [0.15, 0.2) is 0 Å². The molecule has 0 aliphatic rings. The van der Waals surface area contributed by atoms with Gasteiger partial charge in [-0.3, -0.25) is 0 Å². The highest BCUT2D eigenvalue weighted by molar-refractivity contribution is 6.92. The molecule has 0 atom stereocenters. The Hall–Kier alpha value is -0.606. The van der Waals surface area contributed by atoms with Crippen LogP contribution < -0.4 is 10.4 Å². The molecule has 0 saturated carbocycles. The van der Waals surface area contributed by atoms with Crippen LogP contribution >= 0.6 is 0 Å². The van der Waals surface area contributed by atoms with Gasteiger partial charge in [0.1, 0.15) is 0 Å². The summed E-state index contributed by atoms with van der Waals surface area (Å²) < 4.78 is 0. The average Bonchev–Trinajstić information content (AvgIpc) is 2.78. The summed E-state index contributed by atoms with van der Waals surface area (Å²) in [6.45, 7) is 19.7. The number of aryl methyl sites for hydroxylation is 1. The predicted octanol–water partition coefficient (Wildman–Crippen LogP) is 10.4. The lowest BCUT2D eigenvalue weighted by Gasteiger charge is -2.31. The maximum absolute atomic E-state index is 2.64. The largest absolute Gasteiger partial charge is 0.0871 e. The Balaban J connectivity index is 2.82. The molecule has 34 heavy (non-hydrogen) atoms. The standard InChI is InChI=1S/C32H60Si2/c1-9-12-14-16-18-19-21-23-26-34(7,8)32-27-29(4)31(28-30(32)24-11-3)33(5,6)25-22-20-17-15-13-10-2/h11,24,27-28H,9-10,12-23,25-26H2,1-8H3/b24-11+. The SMILES string of the molecule is C/C=C/c1cc([Si](C)(C)CCCCCCCC)c(C)cc1[Si](C)(C)CCCCCCCCCC. The van der Waals surface area contributed by atoms with Crippen molar-refractivity contribution in [3.63, 3.8) is 0 Å². The molecule has 0 aliphatic carbocycles. The summed E-state index contributed by atoms with van der Waals surface area (Å²) in [7, 11) is -2.84. The highest BCUT2D eigenvalue weighted by Gasteiger charge is 2.30. The van der Waals surface area contributed by atoms with E-state index in [0.717, 1.165) is 0 Å². The molecule has 0 saturated heterocycles. The first-order chi connectivity index (χ1) is 16.2. The second-order valence-corrected chi connectivity index (χ2v) is 21.9. The first-order valence-corrected chi connectivity index (χ1v) is 21.4. The molecule has 0 aliphatic heterocycles. The molecule has 0 amide bonds. The number of hydrogen-bond donors (Lipinski definition) is 0. The van der Waals surface area contributed by atoms with Crippen LogP contribution in [-0.2, 0) is 0 Å². The Bertz CT molecular complexity index is 699. The minimum Gasteiger partial charge on any atom is -0.0871 e. The number of unbranched alkanes of at least 4 members (excludes halogenated alkanes) is 12. The fourth-order valence-electron chi connectivity index (χ4n) is 5.67. The zero-order valence-electron chi connectivity index (χ0n) is 24.6. The maximum atomic E-state index is 2.64. The Morgan fingerprint density at radius 3 is 1.44 bits per heavy atom. The zero-order chi connectivity index (χ0) is 25.5. The average molecular weight is 501 g/mol. The van der Waals surface area contributed by atoms with Gasteiger partial charge in [-0.15, -0.1) is 0 Å². The van der Waals surface area contributed by atoms with Gasteiger partial charge in [-0.1, -0.05) is 182 Å². The first kappa shape index (κ1) is 31.4. The van der Waals surface area contributed by atoms with Crippen molar-refractivity contribution in [2.24, 2.45) is 0 Å². The molecule has 0 nitrogen and oxygen atoms in total. The van der Waals surface area contributed by atoms with E-state index in [1.165, 1.54) is 102 Å². The lowest BCUT2D eigenvalue weighted by atomic mass is 10.1. The van der Waals surface area contributed by atoms with E-state index >= 15 is 0 Å². The summed E-state index contributed by atoms with van der Waals surface area (Å²) in [6.07, 6.45) is 24.5. The Kier molecular flexibility index (Phi) is 15.7. The fourth-order valence-corrected chi connectivity index (χ4v) is 11.7. The topological polar surface area (TPSA) is 0 Å². The van der Waals surface area contributed by atoms with E-state index in [4.69, 9.17) is 0 Å². The molecular weight excluding hydrogens is 441 g/mol. The quantitative estimate of drug-likeness (QED) is 0.131. The van der Waals surface area contributed by atoms with E-state index < -0.39 is 16.1 Å². The lowest BCUT2D eigenvalue weighted by molar-refractivity contribution is 0.584. The van der Waals surface area contributed by atoms with Crippen LogP contribution in [-0.4, -0.2) is 16.1 Å². The molecule has 0 fully saturated rings. The summed E-state index contributed by atoms with van der Waals surface area (Å²) in [5, 5.41) is 3.42. The van der Waals surface area contributed by atoms with Crippen LogP contribution in [0.25, 0.3) is 6.08 Å². The molecular formula is C32H60Si2. The van der Waals surface area contributed by atoms with Crippen molar-refractivity contribution in [1.29, 1.82) is 0 Å². The van der Waals surface area contributed by atoms with Gasteiger partial charge in [0.05, 0.1) is 16.1 Å². The van der Waals surface area contributed by atoms with Gasteiger partial charge >= 0.3 is 0 Å². The van der Waals surface area contributed by atoms with Crippen LogP contribution in [0.3, 0.4) is 0 Å². The molecule has 1 aromatic carbocycles. The fraction of sp³-hybridized carbons (Fsp3) is 0.750. The summed E-state index contributed by atoms with van der Waals surface area (Å²) in [6, 6.07) is 8.14. The number of rotatable bonds is 19. The van der Waals surface area contributed by atoms with Gasteiger partial charge in [-0.05, 0) is 19.4 Å². The minimum absolute atomic E-state index is 1.35. The van der Waals surface area contributed by atoms with E-state index in [0.29, 0.717) is 0 Å². The molecule has 0 heterocycles. The highest BCUT2D eigenvalue weighted by Crippen LogP contribution is 2.23. The summed E-state index contributed by atoms with van der Waals surface area (Å²) in [5.41, 5.74) is 3.13. The zero-order valence-corrected chi connectivity index (χ0v) is 26.6. The van der Waals surface area contributed by atoms with E-state index in [9.17, 15) is 0 Å². The summed E-state index contributed by atoms with van der Waals surface area (Å²) in [5.74, 6) is 0. The molecule has 0 bridgehead atoms. The van der Waals surface area contributed by atoms with Gasteiger partial charge in [-0.2, -0.15) is 0 Å². The third kappa shape index (κ3) is 11.4. The first-order valence-electron chi connectivity index (χ1n) is 15.0. The van der Waals surface area contributed by atoms with Gasteiger partial charge in [0.2, 0.25) is 0 Å². The number of allylic oxidation sites excluding steroid dienone is 1. The summed E-state index contributed by atoms with van der Waals surface area (Å²) in [4.78, 5) is 0. The molecule has 0 aromatic heterocycles. The molecule has 2 heteroatoms. The van der Waals surface area contributed by atoms with Gasteiger partial charge in [-0.25, -0.2) is 0 Å². The number of hydrogen-bond acceptors (Lipinski definition) is 0. The van der Waals surface area contributed by atoms with Crippen LogP contribution in [0, 0.1) is 6.92 Å². The lowest BCUT2D eigenvalue weighted by Crippen LogP contribution is -2.48. The monoisotopic (exact) mass is 500 g/mol.